The first-order valence-corrected chi connectivity index (χ1v) is 4.06. The Morgan fingerprint density at radius 1 is 1.60 bits per heavy atom. The average Bonchev–Trinajstić information content (AvgIpc) is 2.68. The van der Waals surface area contributed by atoms with E-state index in [9.17, 15) is 0 Å². The van der Waals surface area contributed by atoms with Crippen LogP contribution in [0.4, 0.5) is 0 Å². The molecule has 0 bridgehead atoms. The first-order chi connectivity index (χ1) is 4.86. The molecule has 0 unspecified atom stereocenters. The second kappa shape index (κ2) is 2.31. The summed E-state index contributed by atoms with van der Waals surface area (Å²) >= 11 is 3.28. The van der Waals surface area contributed by atoms with Crippen LogP contribution in [-0.2, 0) is 0 Å². The summed E-state index contributed by atoms with van der Waals surface area (Å²) in [5, 5.41) is 0. The van der Waals surface area contributed by atoms with Crippen LogP contribution < -0.4 is 0 Å². The van der Waals surface area contributed by atoms with E-state index in [0.29, 0.717) is 5.92 Å². The molecule has 0 aliphatic heterocycles. The molecular formula is C7H6BrN2. The molecule has 0 amide bonds. The number of aromatic nitrogens is 2. The summed E-state index contributed by atoms with van der Waals surface area (Å²) in [6, 6.07) is 1.73. The van der Waals surface area contributed by atoms with Crippen molar-refractivity contribution >= 4 is 15.9 Å². The molecule has 1 aromatic rings. The molecule has 3 heteroatoms. The van der Waals surface area contributed by atoms with Crippen molar-refractivity contribution in [2.75, 3.05) is 0 Å². The molecule has 0 aromatic carbocycles. The molecule has 1 radical (unpaired) electrons. The third kappa shape index (κ3) is 1.19. The van der Waals surface area contributed by atoms with Crippen LogP contribution in [-0.4, -0.2) is 9.97 Å². The van der Waals surface area contributed by atoms with Crippen LogP contribution >= 0.6 is 15.9 Å². The van der Waals surface area contributed by atoms with Crippen LogP contribution in [0.1, 0.15) is 24.6 Å². The van der Waals surface area contributed by atoms with Crippen LogP contribution in [0.2, 0.25) is 0 Å². The van der Waals surface area contributed by atoms with Crippen LogP contribution in [0.5, 0.6) is 0 Å². The summed E-state index contributed by atoms with van der Waals surface area (Å²) in [4.78, 5) is 8.24. The third-order valence-electron chi connectivity index (χ3n) is 1.53. The van der Waals surface area contributed by atoms with Crippen molar-refractivity contribution in [2.24, 2.45) is 0 Å². The van der Waals surface area contributed by atoms with Crippen LogP contribution in [0.3, 0.4) is 0 Å². The quantitative estimate of drug-likeness (QED) is 0.644. The molecule has 1 fully saturated rings. The van der Waals surface area contributed by atoms with Gasteiger partial charge >= 0.3 is 0 Å². The van der Waals surface area contributed by atoms with Gasteiger partial charge in [-0.05, 0) is 34.8 Å². The van der Waals surface area contributed by atoms with Crippen LogP contribution in [0.25, 0.3) is 0 Å². The van der Waals surface area contributed by atoms with Crippen molar-refractivity contribution in [3.8, 4) is 0 Å². The van der Waals surface area contributed by atoms with Crippen LogP contribution in [0, 0.1) is 6.20 Å². The van der Waals surface area contributed by atoms with E-state index < -0.39 is 0 Å². The van der Waals surface area contributed by atoms with E-state index in [2.05, 4.69) is 32.1 Å². The largest absolute Gasteiger partial charge is 0.231 e. The van der Waals surface area contributed by atoms with E-state index in [-0.39, 0.29) is 0 Å². The standard InChI is InChI=1S/C7H6BrN2/c8-6-3-4-9-7(10-6)5-1-2-5/h3,5H,1-2H2. The molecular weight excluding hydrogens is 192 g/mol. The van der Waals surface area contributed by atoms with Gasteiger partial charge in [0.05, 0.1) is 6.20 Å². The summed E-state index contributed by atoms with van der Waals surface area (Å²) in [6.45, 7) is 0. The maximum absolute atomic E-state index is 4.21. The topological polar surface area (TPSA) is 25.8 Å². The number of rotatable bonds is 1. The van der Waals surface area contributed by atoms with Crippen molar-refractivity contribution in [2.45, 2.75) is 18.8 Å². The molecule has 10 heavy (non-hydrogen) atoms. The van der Waals surface area contributed by atoms with Crippen LogP contribution in [0.15, 0.2) is 10.7 Å². The lowest BCUT2D eigenvalue weighted by molar-refractivity contribution is 0.912. The number of halogens is 1. The first kappa shape index (κ1) is 6.28. The van der Waals surface area contributed by atoms with Gasteiger partial charge in [-0.1, -0.05) is 0 Å². The minimum absolute atomic E-state index is 0.619. The maximum Gasteiger partial charge on any atom is 0.133 e. The predicted octanol–water partition coefficient (Wildman–Crippen LogP) is 1.92. The summed E-state index contributed by atoms with van der Waals surface area (Å²) in [7, 11) is 0. The smallest absolute Gasteiger partial charge is 0.133 e. The van der Waals surface area contributed by atoms with Gasteiger partial charge in [0.25, 0.3) is 0 Å². The average molecular weight is 198 g/mol. The second-order valence-corrected chi connectivity index (χ2v) is 3.26. The van der Waals surface area contributed by atoms with Crippen molar-refractivity contribution in [3.63, 3.8) is 0 Å². The highest BCUT2D eigenvalue weighted by Crippen LogP contribution is 2.37. The van der Waals surface area contributed by atoms with E-state index in [1.54, 1.807) is 6.07 Å². The fourth-order valence-corrected chi connectivity index (χ4v) is 1.13. The van der Waals surface area contributed by atoms with Gasteiger partial charge in [0, 0.05) is 5.92 Å². The number of nitrogens with zero attached hydrogens (tertiary/aromatic N) is 2. The van der Waals surface area contributed by atoms with E-state index in [1.165, 1.54) is 12.8 Å². The highest BCUT2D eigenvalue weighted by atomic mass is 79.9. The normalized spacial score (nSPS) is 17.3. The Kier molecular flexibility index (Phi) is 1.45. The van der Waals surface area contributed by atoms with E-state index in [4.69, 9.17) is 0 Å². The van der Waals surface area contributed by atoms with Gasteiger partial charge in [-0.3, -0.25) is 0 Å². The van der Waals surface area contributed by atoms with Gasteiger partial charge in [-0.15, -0.1) is 0 Å². The lowest BCUT2D eigenvalue weighted by atomic mass is 10.4. The molecule has 0 N–H and O–H groups in total. The molecule has 1 heterocycles. The van der Waals surface area contributed by atoms with Crippen molar-refractivity contribution in [3.05, 3.63) is 22.7 Å². The SMILES string of the molecule is Brc1c[c]nc(C2CC2)n1. The Morgan fingerprint density at radius 3 is 3.00 bits per heavy atom. The number of hydrogen-bond acceptors (Lipinski definition) is 2. The summed E-state index contributed by atoms with van der Waals surface area (Å²) in [5.74, 6) is 1.56. The van der Waals surface area contributed by atoms with Gasteiger partial charge < -0.3 is 0 Å². The molecule has 1 aliphatic carbocycles. The molecule has 2 nitrogen and oxygen atoms in total. The Morgan fingerprint density at radius 2 is 2.40 bits per heavy atom. The minimum Gasteiger partial charge on any atom is -0.231 e. The molecule has 0 atom stereocenters. The fraction of sp³-hybridized carbons (Fsp3) is 0.429. The highest BCUT2D eigenvalue weighted by Gasteiger charge is 2.26. The van der Waals surface area contributed by atoms with Gasteiger partial charge in [0.1, 0.15) is 10.4 Å². The Labute approximate surface area is 67.8 Å². The molecule has 1 saturated carbocycles. The van der Waals surface area contributed by atoms with Crippen molar-refractivity contribution in [1.82, 2.24) is 9.97 Å². The third-order valence-corrected chi connectivity index (χ3v) is 1.93. The lowest BCUT2D eigenvalue weighted by Crippen LogP contribution is -1.90. The minimum atomic E-state index is 0.619. The van der Waals surface area contributed by atoms with Gasteiger partial charge in [-0.2, -0.15) is 0 Å². The zero-order valence-corrected chi connectivity index (χ0v) is 6.93. The maximum atomic E-state index is 4.21. The van der Waals surface area contributed by atoms with E-state index in [0.717, 1.165) is 10.4 Å². The molecule has 1 aliphatic rings. The highest BCUT2D eigenvalue weighted by molar-refractivity contribution is 9.10. The zero-order valence-electron chi connectivity index (χ0n) is 5.34. The second-order valence-electron chi connectivity index (χ2n) is 2.45. The summed E-state index contributed by atoms with van der Waals surface area (Å²) in [5.41, 5.74) is 0. The van der Waals surface area contributed by atoms with Gasteiger partial charge in [0.15, 0.2) is 0 Å². The summed E-state index contributed by atoms with van der Waals surface area (Å²) < 4.78 is 0.837. The summed E-state index contributed by atoms with van der Waals surface area (Å²) in [6.07, 6.45) is 5.27. The molecule has 2 rings (SSSR count). The first-order valence-electron chi connectivity index (χ1n) is 3.27. The molecule has 0 saturated heterocycles. The van der Waals surface area contributed by atoms with E-state index in [1.807, 2.05) is 0 Å². The lowest BCUT2D eigenvalue weighted by Gasteiger charge is -1.93. The monoisotopic (exact) mass is 197 g/mol. The van der Waals surface area contributed by atoms with Gasteiger partial charge in [0.2, 0.25) is 0 Å². The molecule has 1 aromatic heterocycles. The number of hydrogen-bond donors (Lipinski definition) is 0. The zero-order chi connectivity index (χ0) is 6.97. The van der Waals surface area contributed by atoms with E-state index >= 15 is 0 Å². The molecule has 51 valence electrons. The Hall–Kier alpha value is -0.440. The van der Waals surface area contributed by atoms with Gasteiger partial charge in [-0.25, -0.2) is 9.97 Å². The van der Waals surface area contributed by atoms with Crippen molar-refractivity contribution < 1.29 is 0 Å². The Balaban J connectivity index is 2.32. The Bertz CT molecular complexity index is 245. The predicted molar refractivity (Wildman–Crippen MR) is 40.5 cm³/mol. The molecule has 0 spiro atoms. The van der Waals surface area contributed by atoms with Crippen molar-refractivity contribution in [1.29, 1.82) is 0 Å². The fourth-order valence-electron chi connectivity index (χ4n) is 0.842.